The fourth-order valence-electron chi connectivity index (χ4n) is 1.61. The maximum absolute atomic E-state index is 12.2. The third kappa shape index (κ3) is 3.58. The maximum atomic E-state index is 12.2. The quantitative estimate of drug-likeness (QED) is 0.890. The van der Waals surface area contributed by atoms with Crippen LogP contribution in [0.3, 0.4) is 0 Å². The molecule has 4 nitrogen and oxygen atoms in total. The van der Waals surface area contributed by atoms with E-state index >= 15 is 0 Å². The Hall–Kier alpha value is -1.84. The van der Waals surface area contributed by atoms with Crippen LogP contribution in [0.1, 0.15) is 37.6 Å². The van der Waals surface area contributed by atoms with E-state index in [1.807, 2.05) is 13.8 Å². The van der Waals surface area contributed by atoms with Gasteiger partial charge in [-0.25, -0.2) is 0 Å². The van der Waals surface area contributed by atoms with Crippen molar-refractivity contribution in [1.82, 2.24) is 4.90 Å². The monoisotopic (exact) mass is 248 g/mol. The van der Waals surface area contributed by atoms with Gasteiger partial charge in [-0.3, -0.25) is 9.59 Å². The maximum Gasteiger partial charge on any atom is 0.253 e. The lowest BCUT2D eigenvalue weighted by molar-refractivity contribution is -0.114. The molecular formula is C14H20N2O2. The summed E-state index contributed by atoms with van der Waals surface area (Å²) in [5.74, 6) is -0.175. The molecule has 0 aliphatic heterocycles. The van der Waals surface area contributed by atoms with Gasteiger partial charge in [0.1, 0.15) is 0 Å². The number of nitrogens with zero attached hydrogens (tertiary/aromatic N) is 1. The molecule has 1 rings (SSSR count). The molecule has 0 aliphatic rings. The number of hydrogen-bond acceptors (Lipinski definition) is 2. The van der Waals surface area contributed by atoms with Crippen molar-refractivity contribution in [3.8, 4) is 0 Å². The number of carbonyl (C=O) groups is 2. The second-order valence-corrected chi connectivity index (χ2v) is 4.44. The minimum Gasteiger partial charge on any atom is -0.339 e. The second kappa shape index (κ2) is 6.19. The Morgan fingerprint density at radius 1 is 1.39 bits per heavy atom. The summed E-state index contributed by atoms with van der Waals surface area (Å²) in [6.45, 7) is 5.50. The zero-order valence-corrected chi connectivity index (χ0v) is 11.4. The molecular weight excluding hydrogens is 228 g/mol. The normalized spacial score (nSPS) is 11.8. The molecule has 1 aromatic rings. The highest BCUT2D eigenvalue weighted by Gasteiger charge is 2.16. The minimum absolute atomic E-state index is 0.0310. The van der Waals surface area contributed by atoms with E-state index in [2.05, 4.69) is 5.32 Å². The van der Waals surface area contributed by atoms with Crippen LogP contribution in [0, 0.1) is 0 Å². The van der Waals surface area contributed by atoms with Crippen LogP contribution < -0.4 is 5.32 Å². The highest BCUT2D eigenvalue weighted by atomic mass is 16.2. The van der Waals surface area contributed by atoms with E-state index in [1.165, 1.54) is 6.92 Å². The Balaban J connectivity index is 2.89. The first kappa shape index (κ1) is 14.2. The Labute approximate surface area is 108 Å². The topological polar surface area (TPSA) is 49.4 Å². The molecule has 0 saturated heterocycles. The number of hydrogen-bond donors (Lipinski definition) is 1. The summed E-state index contributed by atoms with van der Waals surface area (Å²) in [5.41, 5.74) is 1.23. The molecule has 18 heavy (non-hydrogen) atoms. The molecule has 1 unspecified atom stereocenters. The van der Waals surface area contributed by atoms with Crippen molar-refractivity contribution in [3.63, 3.8) is 0 Å². The van der Waals surface area contributed by atoms with Gasteiger partial charge in [-0.15, -0.1) is 0 Å². The van der Waals surface area contributed by atoms with Gasteiger partial charge >= 0.3 is 0 Å². The van der Waals surface area contributed by atoms with Crippen molar-refractivity contribution in [2.45, 2.75) is 33.2 Å². The third-order valence-corrected chi connectivity index (χ3v) is 3.00. The highest BCUT2D eigenvalue weighted by Crippen LogP contribution is 2.14. The van der Waals surface area contributed by atoms with Gasteiger partial charge < -0.3 is 10.2 Å². The fraction of sp³-hybridized carbons (Fsp3) is 0.429. The van der Waals surface area contributed by atoms with Crippen LogP contribution in [0.2, 0.25) is 0 Å². The molecule has 0 heterocycles. The van der Waals surface area contributed by atoms with Crippen molar-refractivity contribution >= 4 is 17.5 Å². The van der Waals surface area contributed by atoms with Gasteiger partial charge in [0.05, 0.1) is 0 Å². The van der Waals surface area contributed by atoms with Crippen molar-refractivity contribution in [2.24, 2.45) is 0 Å². The van der Waals surface area contributed by atoms with E-state index < -0.39 is 0 Å². The molecule has 0 fully saturated rings. The summed E-state index contributed by atoms with van der Waals surface area (Å²) < 4.78 is 0. The number of benzene rings is 1. The molecule has 0 spiro atoms. The average molecular weight is 248 g/mol. The van der Waals surface area contributed by atoms with Crippen LogP contribution in [-0.4, -0.2) is 29.8 Å². The SMILES string of the molecule is CCC(C)N(C)C(=O)c1cccc(NC(C)=O)c1. The summed E-state index contributed by atoms with van der Waals surface area (Å²) in [4.78, 5) is 24.9. The van der Waals surface area contributed by atoms with E-state index in [1.54, 1.807) is 36.2 Å². The zero-order chi connectivity index (χ0) is 13.7. The largest absolute Gasteiger partial charge is 0.339 e. The average Bonchev–Trinajstić information content (AvgIpc) is 2.35. The first-order chi connectivity index (χ1) is 8.45. The molecule has 98 valence electrons. The van der Waals surface area contributed by atoms with Crippen LogP contribution in [0.15, 0.2) is 24.3 Å². The van der Waals surface area contributed by atoms with Crippen molar-refractivity contribution in [3.05, 3.63) is 29.8 Å². The Kier molecular flexibility index (Phi) is 4.89. The standard InChI is InChI=1S/C14H20N2O2/c1-5-10(2)16(4)14(18)12-7-6-8-13(9-12)15-11(3)17/h6-10H,5H2,1-4H3,(H,15,17). The molecule has 1 atom stereocenters. The van der Waals surface area contributed by atoms with Crippen LogP contribution in [0.5, 0.6) is 0 Å². The first-order valence-electron chi connectivity index (χ1n) is 6.10. The van der Waals surface area contributed by atoms with Gasteiger partial charge in [0.2, 0.25) is 5.91 Å². The molecule has 1 aromatic carbocycles. The van der Waals surface area contributed by atoms with Crippen LogP contribution in [-0.2, 0) is 4.79 Å². The number of amides is 2. The lowest BCUT2D eigenvalue weighted by Crippen LogP contribution is -2.34. The number of nitrogens with one attached hydrogen (secondary N) is 1. The van der Waals surface area contributed by atoms with E-state index in [-0.39, 0.29) is 17.9 Å². The smallest absolute Gasteiger partial charge is 0.253 e. The number of carbonyl (C=O) groups excluding carboxylic acids is 2. The van der Waals surface area contributed by atoms with Crippen molar-refractivity contribution in [2.75, 3.05) is 12.4 Å². The van der Waals surface area contributed by atoms with E-state index in [9.17, 15) is 9.59 Å². The summed E-state index contributed by atoms with van der Waals surface area (Å²) in [5, 5.41) is 2.67. The fourth-order valence-corrected chi connectivity index (χ4v) is 1.61. The third-order valence-electron chi connectivity index (χ3n) is 3.00. The van der Waals surface area contributed by atoms with Gasteiger partial charge in [0, 0.05) is 31.3 Å². The highest BCUT2D eigenvalue weighted by molar-refractivity contribution is 5.96. The van der Waals surface area contributed by atoms with Crippen LogP contribution in [0.25, 0.3) is 0 Å². The lowest BCUT2D eigenvalue weighted by atomic mass is 10.1. The van der Waals surface area contributed by atoms with Crippen molar-refractivity contribution < 1.29 is 9.59 Å². The second-order valence-electron chi connectivity index (χ2n) is 4.44. The molecule has 0 bridgehead atoms. The zero-order valence-electron chi connectivity index (χ0n) is 11.4. The number of anilines is 1. The van der Waals surface area contributed by atoms with Crippen LogP contribution in [0.4, 0.5) is 5.69 Å². The predicted molar refractivity (Wildman–Crippen MR) is 72.6 cm³/mol. The van der Waals surface area contributed by atoms with E-state index in [4.69, 9.17) is 0 Å². The Morgan fingerprint density at radius 3 is 2.61 bits per heavy atom. The molecule has 1 N–H and O–H groups in total. The van der Waals surface area contributed by atoms with Gasteiger partial charge in [-0.05, 0) is 31.5 Å². The summed E-state index contributed by atoms with van der Waals surface area (Å²) in [6, 6.07) is 7.18. The number of rotatable bonds is 4. The Morgan fingerprint density at radius 2 is 2.06 bits per heavy atom. The first-order valence-corrected chi connectivity index (χ1v) is 6.10. The van der Waals surface area contributed by atoms with Crippen molar-refractivity contribution in [1.29, 1.82) is 0 Å². The van der Waals surface area contributed by atoms with E-state index in [0.717, 1.165) is 6.42 Å². The molecule has 0 aliphatic carbocycles. The van der Waals surface area contributed by atoms with E-state index in [0.29, 0.717) is 11.3 Å². The molecule has 0 saturated carbocycles. The van der Waals surface area contributed by atoms with Gasteiger partial charge in [0.25, 0.3) is 5.91 Å². The summed E-state index contributed by atoms with van der Waals surface area (Å²) in [7, 11) is 1.79. The Bertz CT molecular complexity index is 443. The van der Waals surface area contributed by atoms with Gasteiger partial charge in [-0.1, -0.05) is 13.0 Å². The van der Waals surface area contributed by atoms with Crippen LogP contribution >= 0.6 is 0 Å². The molecule has 0 aromatic heterocycles. The molecule has 4 heteroatoms. The lowest BCUT2D eigenvalue weighted by Gasteiger charge is -2.24. The van der Waals surface area contributed by atoms with Gasteiger partial charge in [0.15, 0.2) is 0 Å². The molecule has 2 amide bonds. The summed E-state index contributed by atoms with van der Waals surface area (Å²) >= 11 is 0. The molecule has 0 radical (unpaired) electrons. The van der Waals surface area contributed by atoms with Gasteiger partial charge in [-0.2, -0.15) is 0 Å². The predicted octanol–water partition coefficient (Wildman–Crippen LogP) is 2.52. The minimum atomic E-state index is -0.144. The summed E-state index contributed by atoms with van der Waals surface area (Å²) in [6.07, 6.45) is 0.910.